The van der Waals surface area contributed by atoms with Crippen LogP contribution in [-0.4, -0.2) is 13.1 Å². The molecule has 1 aromatic rings. The van der Waals surface area contributed by atoms with Crippen molar-refractivity contribution in [3.63, 3.8) is 0 Å². The van der Waals surface area contributed by atoms with Gasteiger partial charge in [0.2, 0.25) is 0 Å². The number of fused-ring (bicyclic) bond motifs is 1. The Labute approximate surface area is 105 Å². The summed E-state index contributed by atoms with van der Waals surface area (Å²) in [5, 5.41) is 3.45. The highest BCUT2D eigenvalue weighted by molar-refractivity contribution is 5.47. The summed E-state index contributed by atoms with van der Waals surface area (Å²) in [7, 11) is 0. The second-order valence-corrected chi connectivity index (χ2v) is 5.69. The molecule has 0 aliphatic carbocycles. The minimum absolute atomic E-state index is 0.0751. The molecule has 0 spiro atoms. The van der Waals surface area contributed by atoms with Crippen LogP contribution < -0.4 is 5.32 Å². The molecule has 0 saturated heterocycles. The SMILES string of the molecule is CC(C)(C)C#Cc1cccc2c1CCNCC2. The molecule has 1 aromatic carbocycles. The van der Waals surface area contributed by atoms with Crippen LogP contribution >= 0.6 is 0 Å². The van der Waals surface area contributed by atoms with E-state index in [4.69, 9.17) is 0 Å². The predicted molar refractivity (Wildman–Crippen MR) is 73.1 cm³/mol. The van der Waals surface area contributed by atoms with E-state index in [0.717, 1.165) is 25.9 Å². The molecular formula is C16H21N. The molecule has 0 bridgehead atoms. The van der Waals surface area contributed by atoms with E-state index in [1.807, 2.05) is 0 Å². The van der Waals surface area contributed by atoms with E-state index < -0.39 is 0 Å². The molecular weight excluding hydrogens is 206 g/mol. The van der Waals surface area contributed by atoms with Gasteiger partial charge in [0.15, 0.2) is 0 Å². The van der Waals surface area contributed by atoms with Gasteiger partial charge in [0.25, 0.3) is 0 Å². The summed E-state index contributed by atoms with van der Waals surface area (Å²) < 4.78 is 0. The minimum atomic E-state index is 0.0751. The molecule has 1 N–H and O–H groups in total. The van der Waals surface area contributed by atoms with Gasteiger partial charge in [-0.15, -0.1) is 0 Å². The summed E-state index contributed by atoms with van der Waals surface area (Å²) in [4.78, 5) is 0. The van der Waals surface area contributed by atoms with E-state index in [0.29, 0.717) is 0 Å². The molecule has 1 heteroatoms. The molecule has 17 heavy (non-hydrogen) atoms. The van der Waals surface area contributed by atoms with Crippen LogP contribution in [0.15, 0.2) is 18.2 Å². The molecule has 0 amide bonds. The van der Waals surface area contributed by atoms with Crippen molar-refractivity contribution in [1.29, 1.82) is 0 Å². The number of benzene rings is 1. The summed E-state index contributed by atoms with van der Waals surface area (Å²) in [5.74, 6) is 6.70. The van der Waals surface area contributed by atoms with Crippen molar-refractivity contribution in [2.75, 3.05) is 13.1 Å². The standard InChI is InChI=1S/C16H21N/c1-16(2,3)10-7-13-5-4-6-14-8-11-17-12-9-15(13)14/h4-6,17H,8-9,11-12H2,1-3H3. The summed E-state index contributed by atoms with van der Waals surface area (Å²) in [6, 6.07) is 6.53. The first kappa shape index (κ1) is 12.2. The first-order chi connectivity index (χ1) is 8.06. The Hall–Kier alpha value is -1.26. The normalized spacial score (nSPS) is 15.5. The molecule has 1 heterocycles. The molecule has 0 fully saturated rings. The minimum Gasteiger partial charge on any atom is -0.316 e. The second kappa shape index (κ2) is 4.94. The number of nitrogens with one attached hydrogen (secondary N) is 1. The Morgan fingerprint density at radius 1 is 1.12 bits per heavy atom. The number of rotatable bonds is 0. The Morgan fingerprint density at radius 3 is 2.65 bits per heavy atom. The van der Waals surface area contributed by atoms with Crippen LogP contribution in [0.2, 0.25) is 0 Å². The molecule has 0 unspecified atom stereocenters. The Balaban J connectivity index is 2.37. The number of hydrogen-bond donors (Lipinski definition) is 1. The highest BCUT2D eigenvalue weighted by Gasteiger charge is 2.10. The van der Waals surface area contributed by atoms with Gasteiger partial charge in [0.05, 0.1) is 0 Å². The maximum Gasteiger partial charge on any atom is 0.0280 e. The van der Waals surface area contributed by atoms with E-state index >= 15 is 0 Å². The largest absolute Gasteiger partial charge is 0.316 e. The zero-order chi connectivity index (χ0) is 12.3. The van der Waals surface area contributed by atoms with Crippen molar-refractivity contribution in [1.82, 2.24) is 5.32 Å². The fourth-order valence-corrected chi connectivity index (χ4v) is 2.10. The van der Waals surface area contributed by atoms with Crippen LogP contribution in [0.5, 0.6) is 0 Å². The van der Waals surface area contributed by atoms with Crippen LogP contribution in [0.25, 0.3) is 0 Å². The topological polar surface area (TPSA) is 12.0 Å². The smallest absolute Gasteiger partial charge is 0.0280 e. The van der Waals surface area contributed by atoms with Crippen molar-refractivity contribution in [3.05, 3.63) is 34.9 Å². The predicted octanol–water partition coefficient (Wildman–Crippen LogP) is 2.77. The maximum atomic E-state index is 3.45. The van der Waals surface area contributed by atoms with Crippen LogP contribution in [0.1, 0.15) is 37.5 Å². The zero-order valence-corrected chi connectivity index (χ0v) is 11.1. The van der Waals surface area contributed by atoms with Gasteiger partial charge >= 0.3 is 0 Å². The lowest BCUT2D eigenvalue weighted by Gasteiger charge is -2.10. The highest BCUT2D eigenvalue weighted by Crippen LogP contribution is 2.18. The maximum absolute atomic E-state index is 3.45. The fourth-order valence-electron chi connectivity index (χ4n) is 2.10. The molecule has 1 aliphatic rings. The molecule has 0 radical (unpaired) electrons. The third-order valence-electron chi connectivity index (χ3n) is 2.97. The molecule has 0 aromatic heterocycles. The molecule has 0 saturated carbocycles. The molecule has 1 aliphatic heterocycles. The van der Waals surface area contributed by atoms with Crippen molar-refractivity contribution >= 4 is 0 Å². The number of hydrogen-bond acceptors (Lipinski definition) is 1. The summed E-state index contributed by atoms with van der Waals surface area (Å²) in [6.07, 6.45) is 2.23. The van der Waals surface area contributed by atoms with Gasteiger partial charge in [0, 0.05) is 11.0 Å². The van der Waals surface area contributed by atoms with Crippen molar-refractivity contribution < 1.29 is 0 Å². The van der Waals surface area contributed by atoms with E-state index in [-0.39, 0.29) is 5.41 Å². The monoisotopic (exact) mass is 227 g/mol. The van der Waals surface area contributed by atoms with E-state index in [1.54, 1.807) is 0 Å². The van der Waals surface area contributed by atoms with Gasteiger partial charge in [0.1, 0.15) is 0 Å². The quantitative estimate of drug-likeness (QED) is 0.672. The van der Waals surface area contributed by atoms with Gasteiger partial charge < -0.3 is 5.32 Å². The van der Waals surface area contributed by atoms with Crippen LogP contribution in [-0.2, 0) is 12.8 Å². The first-order valence-corrected chi connectivity index (χ1v) is 6.41. The summed E-state index contributed by atoms with van der Waals surface area (Å²) in [6.45, 7) is 8.62. The molecule has 1 nitrogen and oxygen atoms in total. The average molecular weight is 227 g/mol. The van der Waals surface area contributed by atoms with Gasteiger partial charge in [-0.1, -0.05) is 24.0 Å². The fraction of sp³-hybridized carbons (Fsp3) is 0.500. The van der Waals surface area contributed by atoms with E-state index in [1.165, 1.54) is 16.7 Å². The van der Waals surface area contributed by atoms with Crippen molar-refractivity contribution in [2.24, 2.45) is 5.41 Å². The summed E-state index contributed by atoms with van der Waals surface area (Å²) >= 11 is 0. The highest BCUT2D eigenvalue weighted by atomic mass is 14.8. The van der Waals surface area contributed by atoms with Gasteiger partial charge in [-0.05, 0) is 63.9 Å². The van der Waals surface area contributed by atoms with Crippen molar-refractivity contribution in [2.45, 2.75) is 33.6 Å². The van der Waals surface area contributed by atoms with E-state index in [9.17, 15) is 0 Å². The molecule has 90 valence electrons. The van der Waals surface area contributed by atoms with Crippen molar-refractivity contribution in [3.8, 4) is 11.8 Å². The van der Waals surface area contributed by atoms with Crippen LogP contribution in [0.3, 0.4) is 0 Å². The lowest BCUT2D eigenvalue weighted by Crippen LogP contribution is -2.16. The van der Waals surface area contributed by atoms with E-state index in [2.05, 4.69) is 56.1 Å². The van der Waals surface area contributed by atoms with Gasteiger partial charge in [-0.2, -0.15) is 0 Å². The van der Waals surface area contributed by atoms with Gasteiger partial charge in [-0.25, -0.2) is 0 Å². The molecule has 2 rings (SSSR count). The second-order valence-electron chi connectivity index (χ2n) is 5.69. The average Bonchev–Trinajstić information content (AvgIpc) is 2.50. The first-order valence-electron chi connectivity index (χ1n) is 6.41. The zero-order valence-electron chi connectivity index (χ0n) is 11.1. The third-order valence-corrected chi connectivity index (χ3v) is 2.97. The third kappa shape index (κ3) is 3.35. The van der Waals surface area contributed by atoms with Crippen LogP contribution in [0, 0.1) is 17.3 Å². The Morgan fingerprint density at radius 2 is 1.88 bits per heavy atom. The van der Waals surface area contributed by atoms with Crippen LogP contribution in [0.4, 0.5) is 0 Å². The summed E-state index contributed by atoms with van der Waals surface area (Å²) in [5.41, 5.74) is 4.22. The molecule has 0 atom stereocenters. The Kier molecular flexibility index (Phi) is 3.54. The lowest BCUT2D eigenvalue weighted by atomic mass is 9.94. The van der Waals surface area contributed by atoms with Gasteiger partial charge in [-0.3, -0.25) is 0 Å². The lowest BCUT2D eigenvalue weighted by molar-refractivity contribution is 0.571. The Bertz CT molecular complexity index is 455.